The molecule has 0 fully saturated rings. The number of hydrogen-bond acceptors (Lipinski definition) is 6. The SMILES string of the molecule is COCc1ccc(C(=O)NCc2nnc3n2CCN(CCC2=C(C)CCCC2(C)C)CC3)o1. The van der Waals surface area contributed by atoms with Gasteiger partial charge in [0.15, 0.2) is 11.6 Å². The summed E-state index contributed by atoms with van der Waals surface area (Å²) in [5, 5.41) is 11.6. The van der Waals surface area contributed by atoms with Gasteiger partial charge in [0.2, 0.25) is 0 Å². The van der Waals surface area contributed by atoms with Crippen molar-refractivity contribution in [3.8, 4) is 0 Å². The van der Waals surface area contributed by atoms with Crippen LogP contribution in [0.5, 0.6) is 0 Å². The first-order valence-electron chi connectivity index (χ1n) is 12.1. The van der Waals surface area contributed by atoms with E-state index in [1.165, 1.54) is 19.3 Å². The first-order chi connectivity index (χ1) is 15.9. The minimum atomic E-state index is -0.260. The molecule has 1 amide bonds. The van der Waals surface area contributed by atoms with Crippen molar-refractivity contribution < 1.29 is 13.9 Å². The number of hydrogen-bond donors (Lipinski definition) is 1. The molecular formula is C25H37N5O3. The van der Waals surface area contributed by atoms with Crippen molar-refractivity contribution in [1.29, 1.82) is 0 Å². The van der Waals surface area contributed by atoms with E-state index in [1.807, 2.05) is 0 Å². The summed E-state index contributed by atoms with van der Waals surface area (Å²) < 4.78 is 12.7. The highest BCUT2D eigenvalue weighted by atomic mass is 16.5. The molecule has 1 N–H and O–H groups in total. The number of nitrogens with zero attached hydrogens (tertiary/aromatic N) is 4. The highest BCUT2D eigenvalue weighted by molar-refractivity contribution is 5.91. The van der Waals surface area contributed by atoms with Crippen LogP contribution in [0, 0.1) is 5.41 Å². The van der Waals surface area contributed by atoms with E-state index in [1.54, 1.807) is 30.4 Å². The molecule has 1 aliphatic heterocycles. The van der Waals surface area contributed by atoms with Crippen LogP contribution in [-0.4, -0.2) is 52.3 Å². The summed E-state index contributed by atoms with van der Waals surface area (Å²) in [5.74, 6) is 2.43. The second-order valence-electron chi connectivity index (χ2n) is 9.90. The number of aromatic nitrogens is 3. The fourth-order valence-electron chi connectivity index (χ4n) is 5.24. The minimum absolute atomic E-state index is 0.260. The molecule has 2 aromatic heterocycles. The molecular weight excluding hydrogens is 418 g/mol. The summed E-state index contributed by atoms with van der Waals surface area (Å²) in [4.78, 5) is 15.0. The molecule has 33 heavy (non-hydrogen) atoms. The smallest absolute Gasteiger partial charge is 0.287 e. The van der Waals surface area contributed by atoms with Crippen molar-refractivity contribution in [2.24, 2.45) is 5.41 Å². The molecule has 0 spiro atoms. The zero-order valence-electron chi connectivity index (χ0n) is 20.4. The third kappa shape index (κ3) is 5.55. The molecule has 0 radical (unpaired) electrons. The molecule has 0 saturated carbocycles. The van der Waals surface area contributed by atoms with Crippen LogP contribution in [0.2, 0.25) is 0 Å². The lowest BCUT2D eigenvalue weighted by Crippen LogP contribution is -2.31. The number of furan rings is 1. The van der Waals surface area contributed by atoms with Crippen molar-refractivity contribution >= 4 is 5.91 Å². The summed E-state index contributed by atoms with van der Waals surface area (Å²) >= 11 is 0. The molecule has 180 valence electrons. The van der Waals surface area contributed by atoms with E-state index in [2.05, 4.69) is 45.8 Å². The number of carbonyl (C=O) groups excluding carboxylic acids is 1. The number of amides is 1. The molecule has 0 bridgehead atoms. The van der Waals surface area contributed by atoms with Crippen molar-refractivity contribution in [1.82, 2.24) is 25.0 Å². The fraction of sp³-hybridized carbons (Fsp3) is 0.640. The van der Waals surface area contributed by atoms with Gasteiger partial charge in [0.1, 0.15) is 18.2 Å². The van der Waals surface area contributed by atoms with E-state index in [9.17, 15) is 4.79 Å². The summed E-state index contributed by atoms with van der Waals surface area (Å²) in [7, 11) is 1.59. The van der Waals surface area contributed by atoms with Gasteiger partial charge < -0.3 is 23.9 Å². The van der Waals surface area contributed by atoms with Crippen molar-refractivity contribution in [3.63, 3.8) is 0 Å². The minimum Gasteiger partial charge on any atom is -0.453 e. The Hall–Kier alpha value is -2.45. The van der Waals surface area contributed by atoms with Gasteiger partial charge in [-0.25, -0.2) is 0 Å². The van der Waals surface area contributed by atoms with Gasteiger partial charge in [0.05, 0.1) is 6.54 Å². The Morgan fingerprint density at radius 3 is 2.85 bits per heavy atom. The topological polar surface area (TPSA) is 85.4 Å². The summed E-state index contributed by atoms with van der Waals surface area (Å²) in [6, 6.07) is 3.42. The summed E-state index contributed by atoms with van der Waals surface area (Å²) in [6.45, 7) is 11.7. The maximum absolute atomic E-state index is 12.4. The van der Waals surface area contributed by atoms with Crippen LogP contribution >= 0.6 is 0 Å². The lowest BCUT2D eigenvalue weighted by Gasteiger charge is -2.35. The predicted molar refractivity (Wildman–Crippen MR) is 126 cm³/mol. The van der Waals surface area contributed by atoms with Gasteiger partial charge in [-0.15, -0.1) is 10.2 Å². The van der Waals surface area contributed by atoms with Crippen molar-refractivity contribution in [3.05, 3.63) is 46.4 Å². The molecule has 0 unspecified atom stereocenters. The molecule has 2 aromatic rings. The molecule has 0 aromatic carbocycles. The van der Waals surface area contributed by atoms with E-state index in [-0.39, 0.29) is 11.7 Å². The zero-order chi connectivity index (χ0) is 23.4. The van der Waals surface area contributed by atoms with Crippen LogP contribution in [0.15, 0.2) is 27.7 Å². The van der Waals surface area contributed by atoms with Gasteiger partial charge >= 0.3 is 0 Å². The summed E-state index contributed by atoms with van der Waals surface area (Å²) in [5.41, 5.74) is 3.59. The third-order valence-electron chi connectivity index (χ3n) is 7.14. The number of rotatable bonds is 8. The Morgan fingerprint density at radius 2 is 2.06 bits per heavy atom. The second kappa shape index (κ2) is 10.2. The monoisotopic (exact) mass is 455 g/mol. The van der Waals surface area contributed by atoms with Crippen LogP contribution in [0.25, 0.3) is 0 Å². The first-order valence-corrected chi connectivity index (χ1v) is 12.1. The predicted octanol–water partition coefficient (Wildman–Crippen LogP) is 3.72. The van der Waals surface area contributed by atoms with E-state index in [0.29, 0.717) is 24.3 Å². The van der Waals surface area contributed by atoms with Crippen LogP contribution in [0.1, 0.15) is 74.4 Å². The summed E-state index contributed by atoms with van der Waals surface area (Å²) in [6.07, 6.45) is 5.88. The highest BCUT2D eigenvalue weighted by Gasteiger charge is 2.28. The van der Waals surface area contributed by atoms with Gasteiger partial charge in [-0.3, -0.25) is 4.79 Å². The number of methoxy groups -OCH3 is 1. The normalized spacial score (nSPS) is 18.8. The lowest BCUT2D eigenvalue weighted by molar-refractivity contribution is 0.0913. The Balaban J connectivity index is 1.31. The maximum atomic E-state index is 12.4. The van der Waals surface area contributed by atoms with E-state index in [0.717, 1.165) is 50.7 Å². The van der Waals surface area contributed by atoms with Crippen LogP contribution in [0.3, 0.4) is 0 Å². The Labute approximate surface area is 196 Å². The Kier molecular flexibility index (Phi) is 7.34. The van der Waals surface area contributed by atoms with Gasteiger partial charge in [0.25, 0.3) is 5.91 Å². The molecule has 3 heterocycles. The van der Waals surface area contributed by atoms with Crippen LogP contribution < -0.4 is 5.32 Å². The van der Waals surface area contributed by atoms with Crippen molar-refractivity contribution in [2.45, 2.75) is 72.6 Å². The average molecular weight is 456 g/mol. The number of fused-ring (bicyclic) bond motifs is 1. The number of allylic oxidation sites excluding steroid dienone is 1. The van der Waals surface area contributed by atoms with Crippen molar-refractivity contribution in [2.75, 3.05) is 26.7 Å². The van der Waals surface area contributed by atoms with E-state index >= 15 is 0 Å². The van der Waals surface area contributed by atoms with Crippen LogP contribution in [-0.2, 0) is 30.9 Å². The van der Waals surface area contributed by atoms with Gasteiger partial charge in [-0.2, -0.15) is 0 Å². The molecule has 8 heteroatoms. The maximum Gasteiger partial charge on any atom is 0.287 e. The molecule has 0 saturated heterocycles. The quantitative estimate of drug-likeness (QED) is 0.611. The van der Waals surface area contributed by atoms with Gasteiger partial charge in [0, 0.05) is 39.7 Å². The lowest BCUT2D eigenvalue weighted by atomic mass is 9.71. The van der Waals surface area contributed by atoms with E-state index < -0.39 is 0 Å². The molecule has 0 atom stereocenters. The number of ether oxygens (including phenoxy) is 1. The standard InChI is InChI=1S/C25H37N5O3/c1-18-6-5-11-25(2,3)20(18)9-12-29-13-10-22-27-28-23(30(22)15-14-29)16-26-24(31)21-8-7-19(33-21)17-32-4/h7-8H,5-6,9-17H2,1-4H3,(H,26,31). The molecule has 8 nitrogen and oxygen atoms in total. The van der Waals surface area contributed by atoms with Crippen LogP contribution in [0.4, 0.5) is 0 Å². The Bertz CT molecular complexity index is 1000. The van der Waals surface area contributed by atoms with E-state index in [4.69, 9.17) is 9.15 Å². The number of carbonyl (C=O) groups is 1. The molecule has 2 aliphatic rings. The third-order valence-corrected chi connectivity index (χ3v) is 7.14. The Morgan fingerprint density at radius 1 is 1.21 bits per heavy atom. The highest BCUT2D eigenvalue weighted by Crippen LogP contribution is 2.41. The molecule has 4 rings (SSSR count). The van der Waals surface area contributed by atoms with Gasteiger partial charge in [-0.1, -0.05) is 25.0 Å². The average Bonchev–Trinajstić information content (AvgIpc) is 3.34. The first kappa shape index (κ1) is 23.7. The molecule has 1 aliphatic carbocycles. The number of nitrogens with one attached hydrogen (secondary N) is 1. The largest absolute Gasteiger partial charge is 0.453 e. The fourth-order valence-corrected chi connectivity index (χ4v) is 5.24. The zero-order valence-corrected chi connectivity index (χ0v) is 20.4. The second-order valence-corrected chi connectivity index (χ2v) is 9.90. The van der Waals surface area contributed by atoms with Gasteiger partial charge in [-0.05, 0) is 50.2 Å².